The molecule has 0 spiro atoms. The molecule has 2 N–H and O–H groups in total. The molecule has 0 bridgehead atoms. The van der Waals surface area contributed by atoms with Crippen molar-refractivity contribution in [3.63, 3.8) is 0 Å². The Labute approximate surface area is 150 Å². The van der Waals surface area contributed by atoms with E-state index in [4.69, 9.17) is 9.47 Å². The lowest BCUT2D eigenvalue weighted by Crippen LogP contribution is -2.38. The molecule has 7 heteroatoms. The molecule has 1 amide bonds. The summed E-state index contributed by atoms with van der Waals surface area (Å²) in [4.78, 5) is 24.8. The molecule has 2 aliphatic heterocycles. The number of aromatic amines is 1. The summed E-state index contributed by atoms with van der Waals surface area (Å²) in [5, 5.41) is 9.96. The first-order valence-electron chi connectivity index (χ1n) is 8.36. The molecule has 2 aromatic rings. The monoisotopic (exact) mass is 353 g/mol. The number of esters is 1. The zero-order chi connectivity index (χ0) is 18.5. The molecule has 7 nitrogen and oxygen atoms in total. The minimum atomic E-state index is -0.843. The Hall–Kier alpha value is -3.09. The first-order valence-corrected chi connectivity index (χ1v) is 8.36. The van der Waals surface area contributed by atoms with Crippen LogP contribution in [0.1, 0.15) is 31.7 Å². The van der Waals surface area contributed by atoms with E-state index in [1.807, 2.05) is 24.3 Å². The lowest BCUT2D eigenvalue weighted by molar-refractivity contribution is -0.144. The van der Waals surface area contributed by atoms with Gasteiger partial charge in [0.2, 0.25) is 5.91 Å². The molecule has 2 aliphatic rings. The molecule has 1 aromatic heterocycles. The van der Waals surface area contributed by atoms with Gasteiger partial charge in [0.1, 0.15) is 11.4 Å². The highest BCUT2D eigenvalue weighted by atomic mass is 16.6. The van der Waals surface area contributed by atoms with E-state index in [0.29, 0.717) is 11.3 Å². The number of carbonyl (C=O) groups is 2. The van der Waals surface area contributed by atoms with Crippen LogP contribution in [-0.4, -0.2) is 34.8 Å². The number of hydrogen-bond acceptors (Lipinski definition) is 5. The summed E-state index contributed by atoms with van der Waals surface area (Å²) in [5.41, 5.74) is 2.68. The standard InChI is InChI=1S/C19H19N3O4/c1-19(2)17-15(18(24)26-19)12(8-14(23)21-17)13-9-20-22-16(13)10-4-6-11(25-3)7-5-10/h4-7,9,12H,8H2,1-3H3,(H,20,22)(H,21,23). The summed E-state index contributed by atoms with van der Waals surface area (Å²) >= 11 is 0. The fraction of sp³-hybridized carbons (Fsp3) is 0.316. The molecular formula is C19H19N3O4. The van der Waals surface area contributed by atoms with E-state index in [1.165, 1.54) is 0 Å². The average molecular weight is 353 g/mol. The molecule has 1 aromatic carbocycles. The molecule has 134 valence electrons. The molecule has 0 fully saturated rings. The van der Waals surface area contributed by atoms with E-state index >= 15 is 0 Å². The highest BCUT2D eigenvalue weighted by Gasteiger charge is 2.48. The number of hydrogen-bond donors (Lipinski definition) is 2. The minimum Gasteiger partial charge on any atom is -0.497 e. The second-order valence-electron chi connectivity index (χ2n) is 6.92. The van der Waals surface area contributed by atoms with Crippen molar-refractivity contribution < 1.29 is 19.1 Å². The molecule has 1 unspecified atom stereocenters. The van der Waals surface area contributed by atoms with Gasteiger partial charge in [0, 0.05) is 23.5 Å². The van der Waals surface area contributed by atoms with Crippen molar-refractivity contribution in [2.75, 3.05) is 7.11 Å². The van der Waals surface area contributed by atoms with Gasteiger partial charge in [-0.1, -0.05) is 0 Å². The van der Waals surface area contributed by atoms with Crippen molar-refractivity contribution in [3.8, 4) is 17.0 Å². The maximum Gasteiger partial charge on any atom is 0.337 e. The van der Waals surface area contributed by atoms with Gasteiger partial charge in [-0.05, 0) is 38.1 Å². The van der Waals surface area contributed by atoms with Gasteiger partial charge in [-0.3, -0.25) is 9.89 Å². The summed E-state index contributed by atoms with van der Waals surface area (Å²) < 4.78 is 10.7. The normalized spacial score (nSPS) is 21.3. The summed E-state index contributed by atoms with van der Waals surface area (Å²) in [5.74, 6) is -0.180. The maximum atomic E-state index is 12.5. The Kier molecular flexibility index (Phi) is 3.61. The van der Waals surface area contributed by atoms with E-state index in [0.717, 1.165) is 22.6 Å². The number of aromatic nitrogens is 2. The van der Waals surface area contributed by atoms with Crippen LogP contribution in [0.2, 0.25) is 0 Å². The van der Waals surface area contributed by atoms with E-state index < -0.39 is 17.5 Å². The van der Waals surface area contributed by atoms with Crippen molar-refractivity contribution in [2.24, 2.45) is 0 Å². The van der Waals surface area contributed by atoms with E-state index in [1.54, 1.807) is 27.2 Å². The van der Waals surface area contributed by atoms with E-state index in [9.17, 15) is 9.59 Å². The van der Waals surface area contributed by atoms with Crippen LogP contribution < -0.4 is 10.1 Å². The lowest BCUT2D eigenvalue weighted by Gasteiger charge is -2.26. The number of benzene rings is 1. The van der Waals surface area contributed by atoms with Crippen molar-refractivity contribution in [3.05, 3.63) is 47.3 Å². The molecule has 26 heavy (non-hydrogen) atoms. The zero-order valence-electron chi connectivity index (χ0n) is 14.8. The van der Waals surface area contributed by atoms with Crippen LogP contribution >= 0.6 is 0 Å². The van der Waals surface area contributed by atoms with Crippen LogP contribution in [-0.2, 0) is 14.3 Å². The van der Waals surface area contributed by atoms with Gasteiger partial charge in [-0.25, -0.2) is 4.79 Å². The van der Waals surface area contributed by atoms with E-state index in [-0.39, 0.29) is 12.3 Å². The number of cyclic esters (lactones) is 1. The average Bonchev–Trinajstić information content (AvgIpc) is 3.17. The predicted molar refractivity (Wildman–Crippen MR) is 93.3 cm³/mol. The number of nitrogens with one attached hydrogen (secondary N) is 2. The number of methoxy groups -OCH3 is 1. The molecule has 1 atom stereocenters. The first-order chi connectivity index (χ1) is 12.4. The molecule has 3 heterocycles. The van der Waals surface area contributed by atoms with Crippen molar-refractivity contribution in [1.29, 1.82) is 0 Å². The van der Waals surface area contributed by atoms with Crippen molar-refractivity contribution in [2.45, 2.75) is 31.8 Å². The SMILES string of the molecule is COc1ccc(-c2[nH]ncc2C2CC(=O)NC3=C2C(=O)OC3(C)C)cc1. The van der Waals surface area contributed by atoms with Crippen LogP contribution in [0.25, 0.3) is 11.3 Å². The summed E-state index contributed by atoms with van der Waals surface area (Å²) in [6.07, 6.45) is 1.85. The molecule has 0 aliphatic carbocycles. The Balaban J connectivity index is 1.81. The molecular weight excluding hydrogens is 334 g/mol. The number of ether oxygens (including phenoxy) is 2. The van der Waals surface area contributed by atoms with Gasteiger partial charge in [0.05, 0.1) is 30.3 Å². The molecule has 0 radical (unpaired) electrons. The summed E-state index contributed by atoms with van der Waals surface area (Å²) in [7, 11) is 1.61. The van der Waals surface area contributed by atoms with Gasteiger partial charge in [-0.15, -0.1) is 0 Å². The van der Waals surface area contributed by atoms with Gasteiger partial charge in [0.15, 0.2) is 0 Å². The molecule has 0 saturated heterocycles. The zero-order valence-corrected chi connectivity index (χ0v) is 14.8. The van der Waals surface area contributed by atoms with Crippen LogP contribution in [0.5, 0.6) is 5.75 Å². The van der Waals surface area contributed by atoms with Gasteiger partial charge in [-0.2, -0.15) is 5.10 Å². The number of H-pyrrole nitrogens is 1. The number of carbonyl (C=O) groups excluding carboxylic acids is 2. The van der Waals surface area contributed by atoms with Crippen LogP contribution in [0.3, 0.4) is 0 Å². The third-order valence-corrected chi connectivity index (χ3v) is 4.86. The Morgan fingerprint density at radius 1 is 1.23 bits per heavy atom. The predicted octanol–water partition coefficient (Wildman–Crippen LogP) is 2.28. The number of rotatable bonds is 3. The Morgan fingerprint density at radius 2 is 1.96 bits per heavy atom. The third-order valence-electron chi connectivity index (χ3n) is 4.86. The lowest BCUT2D eigenvalue weighted by atomic mass is 9.82. The van der Waals surface area contributed by atoms with Crippen LogP contribution in [0.15, 0.2) is 41.7 Å². The van der Waals surface area contributed by atoms with Crippen molar-refractivity contribution >= 4 is 11.9 Å². The minimum absolute atomic E-state index is 0.137. The smallest absolute Gasteiger partial charge is 0.337 e. The largest absolute Gasteiger partial charge is 0.497 e. The fourth-order valence-corrected chi connectivity index (χ4v) is 3.59. The maximum absolute atomic E-state index is 12.5. The number of amides is 1. The summed E-state index contributed by atoms with van der Waals surface area (Å²) in [6, 6.07) is 7.52. The molecule has 4 rings (SSSR count). The van der Waals surface area contributed by atoms with Crippen molar-refractivity contribution in [1.82, 2.24) is 15.5 Å². The highest BCUT2D eigenvalue weighted by molar-refractivity contribution is 5.99. The van der Waals surface area contributed by atoms with Gasteiger partial charge >= 0.3 is 5.97 Å². The summed E-state index contributed by atoms with van der Waals surface area (Å²) in [6.45, 7) is 3.55. The van der Waals surface area contributed by atoms with Crippen LogP contribution in [0, 0.1) is 0 Å². The first kappa shape index (κ1) is 16.4. The van der Waals surface area contributed by atoms with E-state index in [2.05, 4.69) is 15.5 Å². The Bertz CT molecular complexity index is 925. The third kappa shape index (κ3) is 2.47. The second-order valence-corrected chi connectivity index (χ2v) is 6.92. The van der Waals surface area contributed by atoms with Gasteiger partial charge in [0.25, 0.3) is 0 Å². The van der Waals surface area contributed by atoms with Crippen LogP contribution in [0.4, 0.5) is 0 Å². The second kappa shape index (κ2) is 5.72. The topological polar surface area (TPSA) is 93.3 Å². The quantitative estimate of drug-likeness (QED) is 0.826. The fourth-order valence-electron chi connectivity index (χ4n) is 3.59. The molecule has 0 saturated carbocycles. The highest BCUT2D eigenvalue weighted by Crippen LogP contribution is 2.44. The van der Waals surface area contributed by atoms with Gasteiger partial charge < -0.3 is 14.8 Å². The number of nitrogens with zero attached hydrogens (tertiary/aromatic N) is 1. The Morgan fingerprint density at radius 3 is 2.65 bits per heavy atom.